The van der Waals surface area contributed by atoms with E-state index in [9.17, 15) is 0 Å². The Kier molecular flexibility index (Phi) is 21.0. The van der Waals surface area contributed by atoms with Crippen LogP contribution in [0.1, 0.15) is 7.43 Å². The molecule has 2 rings (SSSR count). The molecule has 2 aromatic heterocycles. The molecule has 2 heterocycles. The minimum absolute atomic E-state index is 0. The fourth-order valence-corrected chi connectivity index (χ4v) is 0.609. The van der Waals surface area contributed by atoms with E-state index in [4.69, 9.17) is 0 Å². The van der Waals surface area contributed by atoms with Crippen molar-refractivity contribution < 1.29 is 42.1 Å². The second-order valence-corrected chi connectivity index (χ2v) is 1.94. The molecule has 0 radical (unpaired) electrons. The van der Waals surface area contributed by atoms with E-state index in [1.807, 2.05) is 5.38 Å². The SMILES string of the molecule is C.[Li+].[Li+].[c-]1ncco1.[c-]1nccs1. The molecule has 0 atom stereocenters. The minimum atomic E-state index is 0. The summed E-state index contributed by atoms with van der Waals surface area (Å²) in [7, 11) is 0. The molecular formula is C7H8Li2N2OS. The van der Waals surface area contributed by atoms with Gasteiger partial charge in [-0.3, -0.25) is 11.3 Å². The van der Waals surface area contributed by atoms with Gasteiger partial charge in [-0.1, -0.05) is 13.6 Å². The number of aromatic nitrogens is 2. The molecule has 0 spiro atoms. The molecule has 0 unspecified atom stereocenters. The molecule has 0 N–H and O–H groups in total. The summed E-state index contributed by atoms with van der Waals surface area (Å²) >= 11 is 1.48. The molecule has 3 nitrogen and oxygen atoms in total. The molecule has 13 heavy (non-hydrogen) atoms. The van der Waals surface area contributed by atoms with E-state index < -0.39 is 0 Å². The van der Waals surface area contributed by atoms with Gasteiger partial charge in [-0.15, -0.1) is 11.6 Å². The Labute approximate surface area is 106 Å². The van der Waals surface area contributed by atoms with Crippen molar-refractivity contribution in [2.75, 3.05) is 0 Å². The fourth-order valence-electron chi connectivity index (χ4n) is 0.304. The minimum Gasteiger partial charge on any atom is -0.581 e. The van der Waals surface area contributed by atoms with E-state index in [1.165, 1.54) is 23.8 Å². The van der Waals surface area contributed by atoms with Crippen molar-refractivity contribution in [1.29, 1.82) is 0 Å². The van der Waals surface area contributed by atoms with E-state index in [2.05, 4.69) is 26.3 Å². The molecule has 0 fully saturated rings. The van der Waals surface area contributed by atoms with E-state index in [0.717, 1.165) is 0 Å². The first kappa shape index (κ1) is 18.7. The van der Waals surface area contributed by atoms with Gasteiger partial charge in [-0.2, -0.15) is 0 Å². The Morgan fingerprint density at radius 3 is 2.08 bits per heavy atom. The van der Waals surface area contributed by atoms with Gasteiger partial charge < -0.3 is 14.4 Å². The van der Waals surface area contributed by atoms with Crippen molar-refractivity contribution in [3.8, 4) is 0 Å². The first-order valence-corrected chi connectivity index (χ1v) is 3.39. The molecular weight excluding hydrogens is 174 g/mol. The molecule has 0 bridgehead atoms. The third-order valence-electron chi connectivity index (χ3n) is 0.618. The largest absolute Gasteiger partial charge is 1.00 e. The van der Waals surface area contributed by atoms with Crippen LogP contribution < -0.4 is 37.7 Å². The second-order valence-electron chi connectivity index (χ2n) is 1.25. The van der Waals surface area contributed by atoms with Gasteiger partial charge in [0.25, 0.3) is 0 Å². The Balaban J connectivity index is -0.000000125. The first-order valence-electron chi connectivity index (χ1n) is 2.51. The predicted molar refractivity (Wildman–Crippen MR) is 43.0 cm³/mol. The average Bonchev–Trinajstić information content (AvgIpc) is 2.67. The number of thiazole rings is 1. The van der Waals surface area contributed by atoms with Crippen LogP contribution in [0.4, 0.5) is 0 Å². The van der Waals surface area contributed by atoms with Gasteiger partial charge in [-0.25, -0.2) is 0 Å². The van der Waals surface area contributed by atoms with Crippen LogP contribution in [-0.4, -0.2) is 9.97 Å². The second kappa shape index (κ2) is 14.6. The van der Waals surface area contributed by atoms with Gasteiger partial charge in [0.05, 0.1) is 0 Å². The van der Waals surface area contributed by atoms with E-state index in [1.54, 1.807) is 6.20 Å². The van der Waals surface area contributed by atoms with Gasteiger partial charge in [0, 0.05) is 0 Å². The molecule has 0 saturated carbocycles. The molecule has 0 aliphatic heterocycles. The maximum Gasteiger partial charge on any atom is 1.00 e. The van der Waals surface area contributed by atoms with Crippen molar-refractivity contribution in [1.82, 2.24) is 9.97 Å². The van der Waals surface area contributed by atoms with Crippen molar-refractivity contribution in [2.45, 2.75) is 7.43 Å². The zero-order valence-corrected chi connectivity index (χ0v) is 7.84. The van der Waals surface area contributed by atoms with E-state index in [0.29, 0.717) is 0 Å². The van der Waals surface area contributed by atoms with Crippen molar-refractivity contribution in [3.05, 3.63) is 35.9 Å². The van der Waals surface area contributed by atoms with Crippen LogP contribution in [0.15, 0.2) is 28.5 Å². The fraction of sp³-hybridized carbons (Fsp3) is 0.143. The van der Waals surface area contributed by atoms with Gasteiger partial charge >= 0.3 is 37.7 Å². The van der Waals surface area contributed by atoms with E-state index in [-0.39, 0.29) is 45.1 Å². The maximum atomic E-state index is 4.35. The molecule has 0 aliphatic carbocycles. The van der Waals surface area contributed by atoms with Gasteiger partial charge in [0.2, 0.25) is 0 Å². The number of rotatable bonds is 0. The van der Waals surface area contributed by atoms with Crippen LogP contribution in [0.5, 0.6) is 0 Å². The van der Waals surface area contributed by atoms with Crippen LogP contribution in [0.25, 0.3) is 0 Å². The summed E-state index contributed by atoms with van der Waals surface area (Å²) in [5.74, 6) is 0. The molecule has 0 amide bonds. The summed E-state index contributed by atoms with van der Waals surface area (Å²) in [6.07, 6.45) is 6.94. The Bertz CT molecular complexity index is 164. The third-order valence-corrected chi connectivity index (χ3v) is 1.09. The molecule has 2 aromatic rings. The first-order chi connectivity index (χ1) is 5.00. The standard InChI is InChI=1S/C3H2NO.C3H2NS.CH4.2Li/c2*1-2-5-3-4-1;;;/h2*1-2H;1H4;;/q2*-1;;2*+1. The maximum absolute atomic E-state index is 4.35. The summed E-state index contributed by atoms with van der Waals surface area (Å²) in [4.78, 5) is 7.05. The zero-order valence-electron chi connectivity index (χ0n) is 7.02. The summed E-state index contributed by atoms with van der Waals surface area (Å²) in [5, 5.41) is 1.88. The summed E-state index contributed by atoms with van der Waals surface area (Å²) in [5.41, 5.74) is 2.65. The van der Waals surface area contributed by atoms with Crippen LogP contribution in [0.2, 0.25) is 0 Å². The third kappa shape index (κ3) is 12.0. The smallest absolute Gasteiger partial charge is 0.581 e. The molecule has 60 valence electrons. The van der Waals surface area contributed by atoms with Crippen LogP contribution in [-0.2, 0) is 0 Å². The topological polar surface area (TPSA) is 38.9 Å². The summed E-state index contributed by atoms with van der Waals surface area (Å²) < 4.78 is 4.35. The zero-order chi connectivity index (χ0) is 7.07. The van der Waals surface area contributed by atoms with Gasteiger partial charge in [0.15, 0.2) is 0 Å². The van der Waals surface area contributed by atoms with Crippen molar-refractivity contribution in [2.24, 2.45) is 0 Å². The average molecular weight is 182 g/mol. The number of nitrogens with zero attached hydrogens (tertiary/aromatic N) is 2. The summed E-state index contributed by atoms with van der Waals surface area (Å²) in [6, 6.07) is 0. The Morgan fingerprint density at radius 2 is 1.92 bits per heavy atom. The summed E-state index contributed by atoms with van der Waals surface area (Å²) in [6.45, 7) is 0. The van der Waals surface area contributed by atoms with Crippen molar-refractivity contribution >= 4 is 11.3 Å². The Morgan fingerprint density at radius 1 is 1.15 bits per heavy atom. The van der Waals surface area contributed by atoms with Crippen LogP contribution in [0, 0.1) is 11.9 Å². The quantitative estimate of drug-likeness (QED) is 0.308. The number of oxazole rings is 1. The normalized spacial score (nSPS) is 6.15. The Hall–Kier alpha value is 0.0348. The number of hydrogen-bond donors (Lipinski definition) is 0. The van der Waals surface area contributed by atoms with Crippen LogP contribution in [0.3, 0.4) is 0 Å². The van der Waals surface area contributed by atoms with E-state index >= 15 is 0 Å². The van der Waals surface area contributed by atoms with Gasteiger partial charge in [0.1, 0.15) is 6.39 Å². The predicted octanol–water partition coefficient (Wildman–Crippen LogP) is -3.94. The van der Waals surface area contributed by atoms with Gasteiger partial charge in [-0.05, 0) is 11.8 Å². The van der Waals surface area contributed by atoms with Crippen molar-refractivity contribution in [3.63, 3.8) is 0 Å². The number of hydrogen-bond acceptors (Lipinski definition) is 4. The molecule has 0 saturated heterocycles. The molecule has 6 heteroatoms. The molecule has 0 aromatic carbocycles. The molecule has 0 aliphatic rings. The van der Waals surface area contributed by atoms with Crippen LogP contribution >= 0.6 is 11.3 Å². The monoisotopic (exact) mass is 182 g/mol.